The number of oxime groups is 1. The second-order valence-corrected chi connectivity index (χ2v) is 6.71. The summed E-state index contributed by atoms with van der Waals surface area (Å²) in [5.74, 6) is -6.96. The zero-order valence-corrected chi connectivity index (χ0v) is 14.5. The number of aliphatic carboxylic acids is 1. The molecule has 1 aromatic heterocycles. The molecule has 0 spiro atoms. The molecule has 2 rings (SSSR count). The maximum absolute atomic E-state index is 13.5. The van der Waals surface area contributed by atoms with Crippen LogP contribution in [0.3, 0.4) is 0 Å². The number of nitrogen functional groups attached to an aromatic ring is 1. The smallest absolute Gasteiger partial charge is 0.362 e. The van der Waals surface area contributed by atoms with Gasteiger partial charge in [-0.2, -0.15) is 8.42 Å². The number of carboxylic acid groups (broad SMARTS) is 1. The van der Waals surface area contributed by atoms with Crippen LogP contribution in [-0.4, -0.2) is 68.5 Å². The van der Waals surface area contributed by atoms with Gasteiger partial charge in [0.15, 0.2) is 15.1 Å². The van der Waals surface area contributed by atoms with Crippen molar-refractivity contribution in [3.8, 4) is 0 Å². The molecule has 5 N–H and O–H groups in total. The number of carbonyl (C=O) groups is 3. The number of hydrogen-bond donors (Lipinski definition) is 4. The first-order valence-electron chi connectivity index (χ1n) is 14.1. The molecule has 2 atom stereocenters. The number of aromatic nitrogens is 1. The number of amides is 2. The van der Waals surface area contributed by atoms with Crippen LogP contribution in [0.4, 0.5) is 5.13 Å². The van der Waals surface area contributed by atoms with E-state index >= 15 is 0 Å². The van der Waals surface area contributed by atoms with Gasteiger partial charge in [0.2, 0.25) is 7.03 Å². The first-order valence-corrected chi connectivity index (χ1v) is 8.65. The minimum absolute atomic E-state index is 0.156. The van der Waals surface area contributed by atoms with Crippen LogP contribution < -0.4 is 11.0 Å². The maximum Gasteiger partial charge on any atom is 0.362 e. The van der Waals surface area contributed by atoms with Gasteiger partial charge in [-0.3, -0.25) is 14.1 Å². The minimum Gasteiger partial charge on any atom is -0.478 e. The maximum atomic E-state index is 13.5. The minimum atomic E-state index is -5.73. The number of hydrogen-bond acceptors (Lipinski definition) is 12. The summed E-state index contributed by atoms with van der Waals surface area (Å²) in [6.07, 6.45) is 0. The molecule has 154 valence electrons. The molecule has 0 bridgehead atoms. The monoisotopic (exact) mass is 451 g/mol. The van der Waals surface area contributed by atoms with Crippen molar-refractivity contribution in [3.63, 3.8) is 0 Å². The van der Waals surface area contributed by atoms with Crippen LogP contribution >= 0.6 is 11.3 Å². The largest absolute Gasteiger partial charge is 0.478 e. The molecule has 1 fully saturated rings. The van der Waals surface area contributed by atoms with Crippen LogP contribution in [0.5, 0.6) is 0 Å². The van der Waals surface area contributed by atoms with Gasteiger partial charge < -0.3 is 21.0 Å². The van der Waals surface area contributed by atoms with Gasteiger partial charge in [-0.15, -0.1) is 11.3 Å². The Kier molecular flexibility index (Phi) is 2.17. The summed E-state index contributed by atoms with van der Waals surface area (Å²) in [7, 11) is -5.73. The molecule has 0 unspecified atom stereocenters. The van der Waals surface area contributed by atoms with Crippen LogP contribution in [0.1, 0.15) is 41.3 Å². The van der Waals surface area contributed by atoms with Gasteiger partial charge in [0, 0.05) is 17.7 Å². The summed E-state index contributed by atoms with van der Waals surface area (Å²) >= 11 is 0.371. The third kappa shape index (κ3) is 4.20. The van der Waals surface area contributed by atoms with E-state index in [0.717, 1.165) is 5.38 Å². The van der Waals surface area contributed by atoms with E-state index in [0.29, 0.717) is 11.3 Å². The zero-order valence-electron chi connectivity index (χ0n) is 28.9. The highest BCUT2D eigenvalue weighted by molar-refractivity contribution is 7.84. The molecule has 0 saturated carbocycles. The van der Waals surface area contributed by atoms with E-state index in [1.165, 1.54) is 0 Å². The molecule has 1 aromatic rings. The molecule has 13 nitrogen and oxygen atoms in total. The van der Waals surface area contributed by atoms with Crippen molar-refractivity contribution >= 4 is 50.3 Å². The Hall–Kier alpha value is -2.78. The predicted octanol–water partition coefficient (Wildman–Crippen LogP) is -1.17. The molecule has 0 aliphatic carbocycles. The molecule has 1 saturated heterocycles. The van der Waals surface area contributed by atoms with Gasteiger partial charge >= 0.3 is 16.3 Å². The van der Waals surface area contributed by atoms with Crippen molar-refractivity contribution in [2.75, 3.05) is 5.72 Å². The van der Waals surface area contributed by atoms with Crippen molar-refractivity contribution in [2.24, 2.45) is 5.16 Å². The highest BCUT2D eigenvalue weighted by atomic mass is 32.2. The number of nitrogens with two attached hydrogens (primary N) is 1. The molecule has 15 heteroatoms. The number of carbonyl (C=O) groups excluding carboxylic acids is 2. The van der Waals surface area contributed by atoms with E-state index < -0.39 is 92.4 Å². The van der Waals surface area contributed by atoms with Crippen LogP contribution in [0.25, 0.3) is 2.86 Å². The van der Waals surface area contributed by atoms with Gasteiger partial charge in [-0.25, -0.2) is 14.1 Å². The average Bonchev–Trinajstić information content (AvgIpc) is 3.37. The molecule has 28 heavy (non-hydrogen) atoms. The van der Waals surface area contributed by atoms with Crippen LogP contribution in [0, 0.1) is 0 Å². The summed E-state index contributed by atoms with van der Waals surface area (Å²) in [4.78, 5) is 46.6. The van der Waals surface area contributed by atoms with Gasteiger partial charge in [0.1, 0.15) is 11.7 Å². The second kappa shape index (κ2) is 7.33. The lowest BCUT2D eigenvalue weighted by molar-refractivity contribution is -0.161. The molecule has 2 heterocycles. The zero-order chi connectivity index (χ0) is 34.6. The van der Waals surface area contributed by atoms with Crippen molar-refractivity contribution in [1.82, 2.24) is 14.6 Å². The molecular weight excluding hydrogens is 418 g/mol. The molecule has 0 radical (unpaired) electrons. The average molecular weight is 452 g/mol. The Morgan fingerprint density at radius 1 is 1.68 bits per heavy atom. The highest BCUT2D eigenvalue weighted by Crippen LogP contribution is 2.23. The number of thiazole rings is 1. The summed E-state index contributed by atoms with van der Waals surface area (Å²) < 4.78 is 147. The fraction of sp³-hybridized carbons (Fsp3) is 0.462. The van der Waals surface area contributed by atoms with Crippen LogP contribution in [-0.2, 0) is 29.5 Å². The van der Waals surface area contributed by atoms with E-state index in [4.69, 9.17) is 22.2 Å². The molecule has 0 aromatic carbocycles. The summed E-state index contributed by atoms with van der Waals surface area (Å²) in [5.41, 5.74) is -6.91. The Bertz CT molecular complexity index is 1450. The van der Waals surface area contributed by atoms with Crippen molar-refractivity contribution in [3.05, 3.63) is 11.1 Å². The van der Waals surface area contributed by atoms with Crippen LogP contribution in [0.15, 0.2) is 10.5 Å². The van der Waals surface area contributed by atoms with Gasteiger partial charge in [0.05, 0.1) is 8.76 Å². The number of nitrogens with zero attached hydrogens (tertiary/aromatic N) is 3. The SMILES string of the molecule is [2H]OC(=O)C(O/N=C(\C(=O)N([2H])[C@]1([2H])C(=O)N(S(=O)(=O)O[2H])[C@@]1([2H])C([2H])([2H])[2H])c1csc(N([2H])[2H])n1)(C([2H])([2H])[2H])C([2H])([2H])[2H]. The van der Waals surface area contributed by atoms with Crippen LogP contribution in [0.2, 0.25) is 4.24 Å². The fourth-order valence-electron chi connectivity index (χ4n) is 1.53. The Labute approximate surface area is 185 Å². The number of nitrogens with one attached hydrogen (secondary N) is 1. The van der Waals surface area contributed by atoms with E-state index in [-0.39, 0.29) is 5.72 Å². The van der Waals surface area contributed by atoms with Crippen molar-refractivity contribution in [2.45, 2.75) is 38.2 Å². The molecule has 1 aliphatic heterocycles. The lowest BCUT2D eigenvalue weighted by Crippen LogP contribution is -2.71. The molecular formula is C13H17N5O8S2. The predicted molar refractivity (Wildman–Crippen MR) is 95.7 cm³/mol. The van der Waals surface area contributed by atoms with E-state index in [1.54, 1.807) is 0 Å². The number of β-lactam (4-membered cyclic amide) rings is 1. The third-order valence-electron chi connectivity index (χ3n) is 2.75. The molecule has 1 aliphatic rings. The third-order valence-corrected chi connectivity index (χ3v) is 4.19. The van der Waals surface area contributed by atoms with Crippen molar-refractivity contribution in [1.29, 1.82) is 2.86 Å². The summed E-state index contributed by atoms with van der Waals surface area (Å²) in [5, 5.41) is 5.66. The number of rotatable bonds is 9. The van der Waals surface area contributed by atoms with Gasteiger partial charge in [-0.1, -0.05) is 5.16 Å². The quantitative estimate of drug-likeness (QED) is 0.153. The van der Waals surface area contributed by atoms with Crippen molar-refractivity contribution < 1.29 is 56.6 Å². The first kappa shape index (κ1) is 8.30. The lowest BCUT2D eigenvalue weighted by atomic mass is 10.0. The summed E-state index contributed by atoms with van der Waals surface area (Å²) in [6.45, 7) is -12.2. The van der Waals surface area contributed by atoms with E-state index in [9.17, 15) is 22.8 Å². The number of anilines is 1. The normalized spacial score (nSPS) is 35.1. The van der Waals surface area contributed by atoms with E-state index in [1.807, 2.05) is 0 Å². The Balaban J connectivity index is 2.87. The summed E-state index contributed by atoms with van der Waals surface area (Å²) in [6, 6.07) is -8.18. The second-order valence-electron chi connectivity index (χ2n) is 4.66. The lowest BCUT2D eigenvalue weighted by Gasteiger charge is -2.42. The van der Waals surface area contributed by atoms with Gasteiger partial charge in [-0.05, 0) is 20.6 Å². The Morgan fingerprint density at radius 3 is 3.04 bits per heavy atom. The standard InChI is InChI=1S/C13H17N5O8S2/c1-5-7(10(20)18(5)28(23,24)25)16-9(19)8(6-4-27-12(14)15-6)17-26-13(2,3)11(21)22/h4-5,7H,1-3H3,(H2,14,15)(H,16,19)(H,21,22)(H,23,24,25)/b17-8-/t5-,7-/m0/s1/i1D3,2D3,3D3,5D,7D/hD5. The highest BCUT2D eigenvalue weighted by Gasteiger charge is 2.51. The first-order chi connectivity index (χ1) is 19.6. The van der Waals surface area contributed by atoms with Gasteiger partial charge in [0.25, 0.3) is 13.2 Å². The molecule has 2 amide bonds. The topological polar surface area (TPSA) is 202 Å². The number of carboxylic acids is 1. The van der Waals surface area contributed by atoms with E-state index in [2.05, 4.69) is 24.6 Å². The fourth-order valence-corrected chi connectivity index (χ4v) is 2.66. The Morgan fingerprint density at radius 2 is 2.46 bits per heavy atom.